The molecule has 2 aromatic carbocycles. The second-order valence-corrected chi connectivity index (χ2v) is 7.09. The van der Waals surface area contributed by atoms with E-state index in [4.69, 9.17) is 4.74 Å². The van der Waals surface area contributed by atoms with Crippen molar-refractivity contribution in [3.05, 3.63) is 101 Å². The van der Waals surface area contributed by atoms with Gasteiger partial charge in [0.15, 0.2) is 0 Å². The molecule has 4 heteroatoms. The average molecular weight is 379 g/mol. The van der Waals surface area contributed by atoms with Crippen molar-refractivity contribution in [1.29, 1.82) is 0 Å². The lowest BCUT2D eigenvalue weighted by atomic mass is 10.2. The Balaban J connectivity index is 1.55. The molecule has 4 nitrogen and oxygen atoms in total. The molecule has 3 N–H and O–H groups in total. The van der Waals surface area contributed by atoms with E-state index in [1.165, 1.54) is 5.39 Å². The Morgan fingerprint density at radius 2 is 1.59 bits per heavy atom. The van der Waals surface area contributed by atoms with E-state index < -0.39 is 0 Å². The van der Waals surface area contributed by atoms with Crippen molar-refractivity contribution in [3.63, 3.8) is 0 Å². The monoisotopic (exact) mass is 379 g/mol. The molecule has 3 aromatic heterocycles. The minimum absolute atomic E-state index is 0.511. The van der Waals surface area contributed by atoms with Crippen molar-refractivity contribution >= 4 is 23.6 Å². The number of rotatable bonds is 5. The molecular weight excluding hydrogens is 358 g/mol. The summed E-state index contributed by atoms with van der Waals surface area (Å²) in [5.41, 5.74) is 5.17. The summed E-state index contributed by atoms with van der Waals surface area (Å²) in [6.07, 6.45) is 2.04. The molecule has 0 atom stereocenters. The molecule has 0 bridgehead atoms. The maximum atomic E-state index is 6.17. The summed E-state index contributed by atoms with van der Waals surface area (Å²) < 4.78 is 6.17. The molecule has 5 rings (SSSR count). The highest BCUT2D eigenvalue weighted by molar-refractivity contribution is 5.85. The fourth-order valence-corrected chi connectivity index (χ4v) is 3.48. The topological polar surface area (TPSA) is 56.6 Å². The molecule has 29 heavy (non-hydrogen) atoms. The zero-order chi connectivity index (χ0) is 19.6. The maximum absolute atomic E-state index is 6.17. The summed E-state index contributed by atoms with van der Waals surface area (Å²) >= 11 is 0. The summed E-state index contributed by atoms with van der Waals surface area (Å²) in [5, 5.41) is 3.04. The van der Waals surface area contributed by atoms with Crippen LogP contribution >= 0.6 is 0 Å². The molecule has 142 valence electrons. The number of para-hydroxylation sites is 1. The van der Waals surface area contributed by atoms with Gasteiger partial charge in [-0.1, -0.05) is 55.1 Å². The maximum Gasteiger partial charge on any atom is 0.145 e. The predicted molar refractivity (Wildman–Crippen MR) is 118 cm³/mol. The first-order valence-electron chi connectivity index (χ1n) is 9.58. The van der Waals surface area contributed by atoms with E-state index in [9.17, 15) is 0 Å². The van der Waals surface area contributed by atoms with Gasteiger partial charge in [-0.3, -0.25) is 0 Å². The number of aromatic nitrogens is 3. The summed E-state index contributed by atoms with van der Waals surface area (Å²) in [5.74, 6) is 0.808. The van der Waals surface area contributed by atoms with E-state index in [2.05, 4.69) is 51.9 Å². The highest BCUT2D eigenvalue weighted by atomic mass is 16.5. The fourth-order valence-electron chi connectivity index (χ4n) is 3.48. The number of hydrogen-bond donors (Lipinski definition) is 3. The quantitative estimate of drug-likeness (QED) is 0.419. The van der Waals surface area contributed by atoms with Gasteiger partial charge in [0.25, 0.3) is 0 Å². The van der Waals surface area contributed by atoms with E-state index in [0.717, 1.165) is 44.6 Å². The van der Waals surface area contributed by atoms with Crippen molar-refractivity contribution in [2.24, 2.45) is 0 Å². The normalized spacial score (nSPS) is 11.9. The first kappa shape index (κ1) is 17.2. The third-order valence-corrected chi connectivity index (χ3v) is 4.94. The molecule has 0 aliphatic carbocycles. The summed E-state index contributed by atoms with van der Waals surface area (Å²) in [4.78, 5) is 10.2. The lowest BCUT2D eigenvalue weighted by Crippen LogP contribution is -2.07. The van der Waals surface area contributed by atoms with E-state index in [1.807, 2.05) is 54.6 Å². The number of fused-ring (bicyclic) bond motifs is 1. The van der Waals surface area contributed by atoms with E-state index in [1.54, 1.807) is 0 Å². The molecule has 0 spiro atoms. The van der Waals surface area contributed by atoms with E-state index >= 15 is 0 Å². The average Bonchev–Trinajstić information content (AvgIpc) is 3.45. The van der Waals surface area contributed by atoms with E-state index in [0.29, 0.717) is 6.61 Å². The van der Waals surface area contributed by atoms with Crippen molar-refractivity contribution < 1.29 is 4.74 Å². The van der Waals surface area contributed by atoms with Crippen LogP contribution in [0.5, 0.6) is 5.75 Å². The molecule has 0 aliphatic rings. The van der Waals surface area contributed by atoms with Crippen LogP contribution in [0.1, 0.15) is 11.3 Å². The molecule has 0 aliphatic heterocycles. The second kappa shape index (κ2) is 7.24. The molecular formula is C25H21N3O. The lowest BCUT2D eigenvalue weighted by molar-refractivity contribution is 0.306. The fraction of sp³-hybridized carbons (Fsp3) is 0.0400. The van der Waals surface area contributed by atoms with Crippen LogP contribution in [0.15, 0.2) is 78.9 Å². The predicted octanol–water partition coefficient (Wildman–Crippen LogP) is 4.31. The smallest absolute Gasteiger partial charge is 0.145 e. The Labute approximate surface area is 168 Å². The zero-order valence-corrected chi connectivity index (χ0v) is 15.9. The van der Waals surface area contributed by atoms with Gasteiger partial charge in [0.05, 0.1) is 17.1 Å². The van der Waals surface area contributed by atoms with Gasteiger partial charge in [0.1, 0.15) is 12.4 Å². The van der Waals surface area contributed by atoms with Gasteiger partial charge >= 0.3 is 0 Å². The number of benzene rings is 2. The van der Waals surface area contributed by atoms with Crippen molar-refractivity contribution in [3.8, 4) is 17.1 Å². The molecule has 0 radical (unpaired) electrons. The summed E-state index contributed by atoms with van der Waals surface area (Å²) in [7, 11) is 0. The second-order valence-electron chi connectivity index (χ2n) is 7.09. The zero-order valence-electron chi connectivity index (χ0n) is 15.9. The molecule has 3 heterocycles. The largest absolute Gasteiger partial charge is 0.487 e. The Bertz CT molecular complexity index is 1340. The first-order valence-corrected chi connectivity index (χ1v) is 9.58. The number of hydrogen-bond acceptors (Lipinski definition) is 1. The molecule has 0 fully saturated rings. The number of nitrogens with one attached hydrogen (secondary N) is 3. The Morgan fingerprint density at radius 3 is 2.38 bits per heavy atom. The first-order chi connectivity index (χ1) is 14.2. The minimum Gasteiger partial charge on any atom is -0.487 e. The van der Waals surface area contributed by atoms with Gasteiger partial charge in [0.2, 0.25) is 0 Å². The van der Waals surface area contributed by atoms with Crippen LogP contribution < -0.4 is 15.4 Å². The van der Waals surface area contributed by atoms with Crippen LogP contribution in [-0.4, -0.2) is 15.0 Å². The summed E-state index contributed by atoms with van der Waals surface area (Å²) in [6, 6.07) is 26.6. The highest BCUT2D eigenvalue weighted by Gasteiger charge is 2.12. The van der Waals surface area contributed by atoms with Crippen LogP contribution in [0.2, 0.25) is 0 Å². The van der Waals surface area contributed by atoms with Crippen molar-refractivity contribution in [1.82, 2.24) is 15.0 Å². The van der Waals surface area contributed by atoms with Crippen molar-refractivity contribution in [2.75, 3.05) is 0 Å². The van der Waals surface area contributed by atoms with Gasteiger partial charge in [-0.15, -0.1) is 0 Å². The highest BCUT2D eigenvalue weighted by Crippen LogP contribution is 2.30. The van der Waals surface area contributed by atoms with Crippen molar-refractivity contribution in [2.45, 2.75) is 6.61 Å². The van der Waals surface area contributed by atoms with E-state index in [-0.39, 0.29) is 0 Å². The molecule has 0 amide bonds. The third kappa shape index (κ3) is 3.60. The molecule has 5 aromatic rings. The van der Waals surface area contributed by atoms with Crippen LogP contribution in [0.3, 0.4) is 0 Å². The van der Waals surface area contributed by atoms with Crippen LogP contribution in [-0.2, 0) is 6.61 Å². The third-order valence-electron chi connectivity index (χ3n) is 4.94. The lowest BCUT2D eigenvalue weighted by Gasteiger charge is -2.05. The van der Waals surface area contributed by atoms with Crippen LogP contribution in [0, 0.1) is 0 Å². The van der Waals surface area contributed by atoms with Gasteiger partial charge in [-0.05, 0) is 35.9 Å². The van der Waals surface area contributed by atoms with Crippen LogP contribution in [0.4, 0.5) is 0 Å². The van der Waals surface area contributed by atoms with Gasteiger partial charge in [-0.2, -0.15) is 0 Å². The SMILES string of the molecule is C=c1ccc(=Cc2[nH]c(-c3cc4ccccc4[nH]3)cc2OCc2ccccc2)[nH]1. The summed E-state index contributed by atoms with van der Waals surface area (Å²) in [6.45, 7) is 4.45. The number of aromatic amines is 3. The van der Waals surface area contributed by atoms with Gasteiger partial charge < -0.3 is 19.7 Å². The molecule has 0 unspecified atom stereocenters. The Morgan fingerprint density at radius 1 is 0.793 bits per heavy atom. The Kier molecular flexibility index (Phi) is 4.30. The standard InChI is InChI=1S/C25H21N3O/c1-17-11-12-20(26-17)14-24-25(29-16-18-7-3-2-4-8-18)15-23(28-24)22-13-19-9-5-6-10-21(19)27-22/h2-15,26-28H,1,16H2. The number of H-pyrrole nitrogens is 3. The Hall–Kier alpha value is -3.92. The van der Waals surface area contributed by atoms with Gasteiger partial charge in [0, 0.05) is 27.7 Å². The number of ether oxygens (including phenoxy) is 1. The minimum atomic E-state index is 0.511. The van der Waals surface area contributed by atoms with Crippen LogP contribution in [0.25, 0.3) is 34.9 Å². The van der Waals surface area contributed by atoms with Gasteiger partial charge in [-0.25, -0.2) is 0 Å². The molecule has 0 saturated heterocycles. The molecule has 0 saturated carbocycles.